The number of hydrogen-bond donors (Lipinski definition) is 5. The molecule has 0 amide bonds. The third-order valence-corrected chi connectivity index (χ3v) is 16.3. The van der Waals surface area contributed by atoms with Gasteiger partial charge < -0.3 is 55.2 Å². The van der Waals surface area contributed by atoms with Crippen molar-refractivity contribution in [1.29, 1.82) is 0 Å². The minimum Gasteiger partial charge on any atom is -0.550 e. The van der Waals surface area contributed by atoms with Crippen LogP contribution in [0.5, 0.6) is 0 Å². The molecule has 0 fully saturated rings. The van der Waals surface area contributed by atoms with Crippen LogP contribution in [0, 0.1) is 0 Å². The second-order valence-corrected chi connectivity index (χ2v) is 25.0. The van der Waals surface area contributed by atoms with Crippen molar-refractivity contribution in [2.45, 2.75) is 437 Å². The molecule has 4 atom stereocenters. The van der Waals surface area contributed by atoms with Crippen LogP contribution in [0.2, 0.25) is 0 Å². The Hall–Kier alpha value is -1.75. The molecule has 12 nitrogen and oxygen atoms in total. The first kappa shape index (κ1) is 92.0. The predicted molar refractivity (Wildman–Crippen MR) is 352 cm³/mol. The van der Waals surface area contributed by atoms with Gasteiger partial charge in [-0.15, -0.1) is 0 Å². The van der Waals surface area contributed by atoms with Gasteiger partial charge in [-0.1, -0.05) is 329 Å². The fourth-order valence-electron chi connectivity index (χ4n) is 10.6. The SMILES string of the molecule is CCCCCCC(O)CCCCCCCCCCC(=O)[O-].CCCCCCC(O)CCCCCCCCCCC(=O)[O-].CCCCCCC(O)CCCCCCCCCCC(=O)[O-].CCCCCCCCCCCCCCCCC(O)C(=O)O.[Al+3]. The molecule has 0 heterocycles. The Bertz CT molecular complexity index is 1190. The molecule has 4 unspecified atom stereocenters. The number of rotatable bonds is 64. The molecule has 0 aliphatic heterocycles. The second kappa shape index (κ2) is 80.3. The van der Waals surface area contributed by atoms with Crippen molar-refractivity contribution in [3.63, 3.8) is 0 Å². The van der Waals surface area contributed by atoms with Crippen LogP contribution in [0.4, 0.5) is 0 Å². The molecule has 0 aliphatic carbocycles. The van der Waals surface area contributed by atoms with Crippen molar-refractivity contribution >= 4 is 41.2 Å². The Balaban J connectivity index is -0.000000333. The van der Waals surface area contributed by atoms with E-state index in [1.807, 2.05) is 0 Å². The normalized spacial score (nSPS) is 12.3. The molecule has 0 saturated carbocycles. The van der Waals surface area contributed by atoms with Crippen LogP contribution in [0.1, 0.15) is 413 Å². The molecule has 504 valence electrons. The fourth-order valence-corrected chi connectivity index (χ4v) is 10.6. The number of carbonyl (C=O) groups is 4. The Kier molecular flexibility index (Phi) is 86.9. The molecular weight excluding hydrogens is 1080 g/mol. The molecule has 85 heavy (non-hydrogen) atoms. The van der Waals surface area contributed by atoms with E-state index < -0.39 is 30.0 Å². The molecule has 0 aromatic rings. The molecule has 0 aromatic carbocycles. The van der Waals surface area contributed by atoms with Gasteiger partial charge in [0.15, 0.2) is 6.10 Å². The maximum atomic E-state index is 10.4. The molecule has 0 spiro atoms. The summed E-state index contributed by atoms with van der Waals surface area (Å²) < 4.78 is 0. The first-order valence-corrected chi connectivity index (χ1v) is 36.2. The van der Waals surface area contributed by atoms with Gasteiger partial charge in [0.25, 0.3) is 0 Å². The standard InChI is InChI=1S/4C18H36O3.Al/c3*1-2-3-4-11-14-17(19)15-12-9-7-5-6-8-10-13-16-18(20)21;1-2-3-4-5-6-7-8-9-10-11-12-13-14-15-16-17(19)18(20)21;/h4*17,19H,2-16H2,1H3,(H,20,21);/q;;;;+3/p-3. The number of carboxylic acids is 4. The zero-order chi connectivity index (χ0) is 63.0. The Morgan fingerprint density at radius 2 is 0.388 bits per heavy atom. The molecule has 0 aliphatic rings. The number of unbranched alkanes of at least 4 members (excludes halogenated alkanes) is 43. The zero-order valence-corrected chi connectivity index (χ0v) is 57.6. The average Bonchev–Trinajstić information content (AvgIpc) is 3.46. The van der Waals surface area contributed by atoms with Crippen molar-refractivity contribution in [1.82, 2.24) is 0 Å². The van der Waals surface area contributed by atoms with E-state index >= 15 is 0 Å². The van der Waals surface area contributed by atoms with Crippen molar-refractivity contribution in [2.24, 2.45) is 0 Å². The first-order chi connectivity index (χ1) is 40.7. The molecule has 0 rings (SSSR count). The van der Waals surface area contributed by atoms with Gasteiger partial charge in [0, 0.05) is 17.9 Å². The summed E-state index contributed by atoms with van der Waals surface area (Å²) in [6.45, 7) is 8.88. The summed E-state index contributed by atoms with van der Waals surface area (Å²) in [6, 6.07) is 0. The smallest absolute Gasteiger partial charge is 0.550 e. The van der Waals surface area contributed by atoms with Gasteiger partial charge in [-0.05, 0) is 83.5 Å². The van der Waals surface area contributed by atoms with Crippen LogP contribution >= 0.6 is 0 Å². The Morgan fingerprint density at radius 3 is 0.553 bits per heavy atom. The molecule has 0 saturated heterocycles. The molecular formula is C72H141AlO12. The van der Waals surface area contributed by atoms with Crippen molar-refractivity contribution in [3.05, 3.63) is 0 Å². The summed E-state index contributed by atoms with van der Waals surface area (Å²) in [7, 11) is 0. The quantitative estimate of drug-likeness (QED) is 0.0282. The van der Waals surface area contributed by atoms with Gasteiger partial charge in [0.05, 0.1) is 18.3 Å². The topological polar surface area (TPSA) is 239 Å². The van der Waals surface area contributed by atoms with E-state index in [2.05, 4.69) is 27.7 Å². The van der Waals surface area contributed by atoms with Gasteiger partial charge in [0.2, 0.25) is 0 Å². The molecule has 0 bridgehead atoms. The monoisotopic (exact) mass is 1230 g/mol. The number of aliphatic hydroxyl groups excluding tert-OH is 4. The van der Waals surface area contributed by atoms with Gasteiger partial charge in [-0.2, -0.15) is 0 Å². The Morgan fingerprint density at radius 1 is 0.247 bits per heavy atom. The van der Waals surface area contributed by atoms with Crippen LogP contribution < -0.4 is 15.3 Å². The van der Waals surface area contributed by atoms with Crippen LogP contribution in [0.3, 0.4) is 0 Å². The van der Waals surface area contributed by atoms with E-state index in [1.165, 1.54) is 231 Å². The Labute approximate surface area is 536 Å². The van der Waals surface area contributed by atoms with Crippen LogP contribution in [0.25, 0.3) is 0 Å². The predicted octanol–water partition coefficient (Wildman–Crippen LogP) is 16.8. The number of aliphatic carboxylic acids is 4. The maximum Gasteiger partial charge on any atom is 3.00 e. The largest absolute Gasteiger partial charge is 3.00 e. The minimum atomic E-state index is -1.16. The van der Waals surface area contributed by atoms with Crippen LogP contribution in [-0.4, -0.2) is 91.2 Å². The average molecular weight is 1230 g/mol. The summed E-state index contributed by atoms with van der Waals surface area (Å²) in [6.07, 6.45) is 65.0. The summed E-state index contributed by atoms with van der Waals surface area (Å²) in [4.78, 5) is 41.1. The summed E-state index contributed by atoms with van der Waals surface area (Å²) in [5.41, 5.74) is 0. The summed E-state index contributed by atoms with van der Waals surface area (Å²) in [5, 5.41) is 77.9. The van der Waals surface area contributed by atoms with E-state index in [0.717, 1.165) is 128 Å². The summed E-state index contributed by atoms with van der Waals surface area (Å²) >= 11 is 0. The van der Waals surface area contributed by atoms with Gasteiger partial charge in [-0.3, -0.25) is 0 Å². The van der Waals surface area contributed by atoms with Crippen LogP contribution in [-0.2, 0) is 19.2 Å². The third kappa shape index (κ3) is 93.5. The van der Waals surface area contributed by atoms with E-state index in [9.17, 15) is 49.8 Å². The van der Waals surface area contributed by atoms with Crippen molar-refractivity contribution in [3.8, 4) is 0 Å². The third-order valence-electron chi connectivity index (χ3n) is 16.3. The number of aliphatic hydroxyl groups is 4. The van der Waals surface area contributed by atoms with Gasteiger partial charge >= 0.3 is 23.3 Å². The molecule has 13 heteroatoms. The van der Waals surface area contributed by atoms with E-state index in [1.54, 1.807) is 0 Å². The fraction of sp³-hybridized carbons (Fsp3) is 0.944. The molecule has 0 radical (unpaired) electrons. The van der Waals surface area contributed by atoms with E-state index in [-0.39, 0.29) is 54.9 Å². The second-order valence-electron chi connectivity index (χ2n) is 25.0. The maximum absolute atomic E-state index is 10.4. The van der Waals surface area contributed by atoms with Crippen molar-refractivity contribution < 1.29 is 60.0 Å². The van der Waals surface area contributed by atoms with Crippen molar-refractivity contribution in [2.75, 3.05) is 0 Å². The first-order valence-electron chi connectivity index (χ1n) is 36.2. The molecule has 0 aromatic heterocycles. The minimum absolute atomic E-state index is 0. The summed E-state index contributed by atoms with van der Waals surface area (Å²) in [5.74, 6) is -3.88. The van der Waals surface area contributed by atoms with E-state index in [0.29, 0.717) is 6.42 Å². The number of hydrogen-bond acceptors (Lipinski definition) is 11. The van der Waals surface area contributed by atoms with Gasteiger partial charge in [0.1, 0.15) is 0 Å². The van der Waals surface area contributed by atoms with Gasteiger partial charge in [-0.25, -0.2) is 4.79 Å². The molecule has 5 N–H and O–H groups in total. The number of carbonyl (C=O) groups excluding carboxylic acids is 3. The number of carboxylic acid groups (broad SMARTS) is 4. The zero-order valence-electron chi connectivity index (χ0n) is 56.4. The van der Waals surface area contributed by atoms with Crippen LogP contribution in [0.15, 0.2) is 0 Å². The van der Waals surface area contributed by atoms with E-state index in [4.69, 9.17) is 10.2 Å².